The van der Waals surface area contributed by atoms with Gasteiger partial charge >= 0.3 is 17.9 Å². The van der Waals surface area contributed by atoms with Gasteiger partial charge < -0.3 is 14.2 Å². The molecular weight excluding hydrogens is 901 g/mol. The molecule has 0 aliphatic heterocycles. The molecule has 0 aliphatic carbocycles. The van der Waals surface area contributed by atoms with Crippen LogP contribution in [0.4, 0.5) is 0 Å². The summed E-state index contributed by atoms with van der Waals surface area (Å²) in [5.74, 6) is -0.885. The Morgan fingerprint density at radius 3 is 0.890 bits per heavy atom. The lowest BCUT2D eigenvalue weighted by molar-refractivity contribution is -0.167. The first-order chi connectivity index (χ1) is 36.0. The lowest BCUT2D eigenvalue weighted by Crippen LogP contribution is -2.30. The molecular formula is C67H120O6. The number of rotatable bonds is 58. The molecule has 0 saturated heterocycles. The second-order valence-electron chi connectivity index (χ2n) is 21.3. The highest BCUT2D eigenvalue weighted by Crippen LogP contribution is 2.17. The van der Waals surface area contributed by atoms with Crippen molar-refractivity contribution in [3.63, 3.8) is 0 Å². The molecule has 6 nitrogen and oxygen atoms in total. The lowest BCUT2D eigenvalue weighted by atomic mass is 10.0. The maximum absolute atomic E-state index is 12.9. The smallest absolute Gasteiger partial charge is 0.306 e. The highest BCUT2D eigenvalue weighted by Gasteiger charge is 2.19. The molecule has 0 amide bonds. The SMILES string of the molecule is CC/C=C\C/C=C\C/C=C\CCCCCCCCCC(=O)OC(COC(=O)CCCCCCC/C=C\CCCC)COC(=O)CCCCCCCCCCCCCCCCC/C=C\CCCCCCCCCC. The van der Waals surface area contributed by atoms with Gasteiger partial charge in [-0.3, -0.25) is 14.4 Å². The fourth-order valence-corrected chi connectivity index (χ4v) is 9.20. The van der Waals surface area contributed by atoms with Gasteiger partial charge in [0.1, 0.15) is 13.2 Å². The molecule has 0 N–H and O–H groups in total. The van der Waals surface area contributed by atoms with Crippen molar-refractivity contribution in [2.75, 3.05) is 13.2 Å². The summed E-state index contributed by atoms with van der Waals surface area (Å²) >= 11 is 0. The molecule has 0 spiro atoms. The molecule has 0 aromatic rings. The molecule has 6 heteroatoms. The third kappa shape index (κ3) is 59.9. The van der Waals surface area contributed by atoms with Crippen LogP contribution in [0.2, 0.25) is 0 Å². The van der Waals surface area contributed by atoms with E-state index < -0.39 is 6.10 Å². The van der Waals surface area contributed by atoms with Crippen LogP contribution in [-0.4, -0.2) is 37.2 Å². The Kier molecular flexibility index (Phi) is 59.2. The molecule has 0 rings (SSSR count). The summed E-state index contributed by atoms with van der Waals surface area (Å²) in [6.45, 7) is 6.51. The number of esters is 3. The predicted molar refractivity (Wildman–Crippen MR) is 316 cm³/mol. The van der Waals surface area contributed by atoms with Crippen LogP contribution in [0.25, 0.3) is 0 Å². The Morgan fingerprint density at radius 2 is 0.548 bits per heavy atom. The number of hydrogen-bond acceptors (Lipinski definition) is 6. The second-order valence-corrected chi connectivity index (χ2v) is 21.3. The van der Waals surface area contributed by atoms with E-state index in [0.717, 1.165) is 89.9 Å². The normalized spacial score (nSPS) is 12.4. The van der Waals surface area contributed by atoms with Gasteiger partial charge in [-0.2, -0.15) is 0 Å². The molecule has 0 aliphatic rings. The van der Waals surface area contributed by atoms with E-state index in [2.05, 4.69) is 81.5 Å². The lowest BCUT2D eigenvalue weighted by Gasteiger charge is -2.18. The summed E-state index contributed by atoms with van der Waals surface area (Å²) < 4.78 is 16.9. The Labute approximate surface area is 453 Å². The van der Waals surface area contributed by atoms with Crippen LogP contribution in [0.5, 0.6) is 0 Å². The van der Waals surface area contributed by atoms with Crippen molar-refractivity contribution in [3.05, 3.63) is 60.8 Å². The Bertz CT molecular complexity index is 1310. The average Bonchev–Trinajstić information content (AvgIpc) is 3.39. The molecule has 0 aromatic heterocycles. The Morgan fingerprint density at radius 1 is 0.288 bits per heavy atom. The molecule has 0 radical (unpaired) electrons. The van der Waals surface area contributed by atoms with E-state index in [1.54, 1.807) is 0 Å². The van der Waals surface area contributed by atoms with E-state index >= 15 is 0 Å². The van der Waals surface area contributed by atoms with Gasteiger partial charge in [0, 0.05) is 19.3 Å². The minimum absolute atomic E-state index is 0.0788. The maximum Gasteiger partial charge on any atom is 0.306 e. The minimum Gasteiger partial charge on any atom is -0.462 e. The van der Waals surface area contributed by atoms with Crippen LogP contribution in [0.3, 0.4) is 0 Å². The third-order valence-corrected chi connectivity index (χ3v) is 14.0. The number of carbonyl (C=O) groups excluding carboxylic acids is 3. The van der Waals surface area contributed by atoms with E-state index in [0.29, 0.717) is 19.3 Å². The van der Waals surface area contributed by atoms with Gasteiger partial charge in [-0.1, -0.05) is 274 Å². The monoisotopic (exact) mass is 1020 g/mol. The van der Waals surface area contributed by atoms with Crippen LogP contribution in [0.15, 0.2) is 60.8 Å². The van der Waals surface area contributed by atoms with Crippen molar-refractivity contribution in [2.24, 2.45) is 0 Å². The van der Waals surface area contributed by atoms with Gasteiger partial charge in [0.15, 0.2) is 6.10 Å². The van der Waals surface area contributed by atoms with Gasteiger partial charge in [-0.25, -0.2) is 0 Å². The highest BCUT2D eigenvalue weighted by atomic mass is 16.6. The van der Waals surface area contributed by atoms with Crippen molar-refractivity contribution in [3.8, 4) is 0 Å². The summed E-state index contributed by atoms with van der Waals surface area (Å²) in [6, 6.07) is 0. The zero-order valence-electron chi connectivity index (χ0n) is 48.7. The predicted octanol–water partition coefficient (Wildman–Crippen LogP) is 21.6. The first kappa shape index (κ1) is 70.1. The van der Waals surface area contributed by atoms with Gasteiger partial charge in [0.25, 0.3) is 0 Å². The fraction of sp³-hybridized carbons (Fsp3) is 0.806. The molecule has 0 bridgehead atoms. The summed E-state index contributed by atoms with van der Waals surface area (Å²) in [5.41, 5.74) is 0. The summed E-state index contributed by atoms with van der Waals surface area (Å²) in [7, 11) is 0. The average molecular weight is 1020 g/mol. The van der Waals surface area contributed by atoms with Crippen LogP contribution in [-0.2, 0) is 28.6 Å². The third-order valence-electron chi connectivity index (χ3n) is 14.0. The van der Waals surface area contributed by atoms with Crippen molar-refractivity contribution >= 4 is 17.9 Å². The summed E-state index contributed by atoms with van der Waals surface area (Å²) in [5, 5.41) is 0. The number of carbonyl (C=O) groups is 3. The number of ether oxygens (including phenoxy) is 3. The second kappa shape index (κ2) is 61.7. The van der Waals surface area contributed by atoms with E-state index in [1.165, 1.54) is 199 Å². The molecule has 1 atom stereocenters. The first-order valence-corrected chi connectivity index (χ1v) is 31.8. The summed E-state index contributed by atoms with van der Waals surface area (Å²) in [4.78, 5) is 38.2. The Hall–Kier alpha value is -2.89. The molecule has 73 heavy (non-hydrogen) atoms. The topological polar surface area (TPSA) is 78.9 Å². The minimum atomic E-state index is -0.782. The van der Waals surface area contributed by atoms with Crippen molar-refractivity contribution in [1.82, 2.24) is 0 Å². The van der Waals surface area contributed by atoms with Gasteiger partial charge in [-0.15, -0.1) is 0 Å². The Balaban J connectivity index is 4.20. The van der Waals surface area contributed by atoms with Gasteiger partial charge in [-0.05, 0) is 96.3 Å². The molecule has 0 aromatic carbocycles. The van der Waals surface area contributed by atoms with Crippen molar-refractivity contribution in [1.29, 1.82) is 0 Å². The molecule has 424 valence electrons. The van der Waals surface area contributed by atoms with E-state index in [4.69, 9.17) is 14.2 Å². The summed E-state index contributed by atoms with van der Waals surface area (Å²) in [6.07, 6.45) is 78.1. The standard InChI is InChI=1S/C67H120O6/c1-4-7-10-13-16-19-22-24-26-28-29-30-31-32-33-34-35-36-37-39-40-42-45-48-51-54-57-60-66(69)72-63-64(62-71-65(68)59-56-53-50-47-44-21-18-15-12-9-6-3)73-67(70)61-58-55-52-49-46-43-41-38-27-25-23-20-17-14-11-8-5-2/h8,11,15,17-18,20,25,27-29,64H,4-7,9-10,12-14,16,19,21-24,26,30-63H2,1-3H3/b11-8-,18-15-,20-17-,27-25-,29-28-. The molecule has 0 saturated carbocycles. The molecule has 0 heterocycles. The van der Waals surface area contributed by atoms with Crippen molar-refractivity contribution in [2.45, 2.75) is 335 Å². The molecule has 1 unspecified atom stereocenters. The quantitative estimate of drug-likeness (QED) is 0.0261. The first-order valence-electron chi connectivity index (χ1n) is 31.8. The van der Waals surface area contributed by atoms with Crippen LogP contribution in [0, 0.1) is 0 Å². The number of hydrogen-bond donors (Lipinski definition) is 0. The number of allylic oxidation sites excluding steroid dienone is 10. The zero-order valence-corrected chi connectivity index (χ0v) is 48.7. The molecule has 0 fully saturated rings. The zero-order chi connectivity index (χ0) is 52.9. The highest BCUT2D eigenvalue weighted by molar-refractivity contribution is 5.71. The van der Waals surface area contributed by atoms with Gasteiger partial charge in [0.05, 0.1) is 0 Å². The largest absolute Gasteiger partial charge is 0.462 e. The van der Waals surface area contributed by atoms with Crippen LogP contribution < -0.4 is 0 Å². The number of unbranched alkanes of at least 4 members (excludes halogenated alkanes) is 37. The maximum atomic E-state index is 12.9. The van der Waals surface area contributed by atoms with E-state index in [-0.39, 0.29) is 31.1 Å². The van der Waals surface area contributed by atoms with E-state index in [9.17, 15) is 14.4 Å². The van der Waals surface area contributed by atoms with E-state index in [1.807, 2.05) is 0 Å². The van der Waals surface area contributed by atoms with Crippen molar-refractivity contribution < 1.29 is 28.6 Å². The van der Waals surface area contributed by atoms with Gasteiger partial charge in [0.2, 0.25) is 0 Å². The van der Waals surface area contributed by atoms with Crippen LogP contribution in [0.1, 0.15) is 329 Å². The fourth-order valence-electron chi connectivity index (χ4n) is 9.20. The van der Waals surface area contributed by atoms with Crippen LogP contribution >= 0.6 is 0 Å².